The molecule has 144 valence electrons. The van der Waals surface area contributed by atoms with E-state index in [9.17, 15) is 4.79 Å². The zero-order chi connectivity index (χ0) is 19.2. The topological polar surface area (TPSA) is 72.3 Å². The van der Waals surface area contributed by atoms with E-state index in [1.807, 2.05) is 12.3 Å². The van der Waals surface area contributed by atoms with E-state index in [2.05, 4.69) is 44.5 Å². The predicted octanol–water partition coefficient (Wildman–Crippen LogP) is 1.90. The van der Waals surface area contributed by atoms with Crippen LogP contribution in [0.4, 0.5) is 0 Å². The molecule has 0 aliphatic carbocycles. The van der Waals surface area contributed by atoms with Crippen molar-refractivity contribution in [2.75, 3.05) is 26.2 Å². The third-order valence-corrected chi connectivity index (χ3v) is 4.74. The van der Waals surface area contributed by atoms with Crippen LogP contribution in [0, 0.1) is 0 Å². The van der Waals surface area contributed by atoms with Crippen LogP contribution in [0.1, 0.15) is 15.9 Å². The summed E-state index contributed by atoms with van der Waals surface area (Å²) in [5.41, 5.74) is 1.82. The Hall–Kier alpha value is -3.03. The highest BCUT2D eigenvalue weighted by Crippen LogP contribution is 2.11. The van der Waals surface area contributed by atoms with Gasteiger partial charge in [0.15, 0.2) is 0 Å². The lowest BCUT2D eigenvalue weighted by Crippen LogP contribution is -2.47. The average molecular weight is 377 g/mol. The van der Waals surface area contributed by atoms with Crippen molar-refractivity contribution in [3.8, 4) is 5.82 Å². The van der Waals surface area contributed by atoms with Gasteiger partial charge in [-0.3, -0.25) is 14.3 Å². The van der Waals surface area contributed by atoms with Gasteiger partial charge in [0, 0.05) is 44.8 Å². The lowest BCUT2D eigenvalue weighted by Gasteiger charge is -2.33. The molecule has 1 aliphatic heterocycles. The summed E-state index contributed by atoms with van der Waals surface area (Å²) in [6.07, 6.45) is 6.73. The molecule has 3 heterocycles. The van der Waals surface area contributed by atoms with Gasteiger partial charge in [0.25, 0.3) is 5.91 Å². The SMILES string of the molecule is O=C(NCC1CN(Cc2ccccc2)CCO1)c1ccc(-n2ccnc2)nc1. The second-order valence-electron chi connectivity index (χ2n) is 6.80. The Morgan fingerprint density at radius 3 is 2.86 bits per heavy atom. The predicted molar refractivity (Wildman–Crippen MR) is 105 cm³/mol. The maximum absolute atomic E-state index is 12.4. The number of ether oxygens (including phenoxy) is 1. The monoisotopic (exact) mass is 377 g/mol. The zero-order valence-corrected chi connectivity index (χ0v) is 15.6. The summed E-state index contributed by atoms with van der Waals surface area (Å²) >= 11 is 0. The van der Waals surface area contributed by atoms with Crippen molar-refractivity contribution in [3.05, 3.63) is 78.5 Å². The smallest absolute Gasteiger partial charge is 0.252 e. The number of carbonyl (C=O) groups excluding carboxylic acids is 1. The Morgan fingerprint density at radius 1 is 1.21 bits per heavy atom. The van der Waals surface area contributed by atoms with Gasteiger partial charge in [0.05, 0.1) is 18.3 Å². The van der Waals surface area contributed by atoms with Crippen molar-refractivity contribution >= 4 is 5.91 Å². The lowest BCUT2D eigenvalue weighted by molar-refractivity contribution is -0.0292. The van der Waals surface area contributed by atoms with Crippen LogP contribution in [-0.4, -0.2) is 57.7 Å². The maximum Gasteiger partial charge on any atom is 0.252 e. The van der Waals surface area contributed by atoms with Crippen molar-refractivity contribution in [2.45, 2.75) is 12.6 Å². The summed E-state index contributed by atoms with van der Waals surface area (Å²) in [5.74, 6) is 0.578. The van der Waals surface area contributed by atoms with Crippen LogP contribution in [0.2, 0.25) is 0 Å². The van der Waals surface area contributed by atoms with E-state index in [-0.39, 0.29) is 12.0 Å². The van der Waals surface area contributed by atoms with Crippen LogP contribution in [0.3, 0.4) is 0 Å². The van der Waals surface area contributed by atoms with E-state index < -0.39 is 0 Å². The highest BCUT2D eigenvalue weighted by Gasteiger charge is 2.21. The van der Waals surface area contributed by atoms with Gasteiger partial charge in [-0.05, 0) is 17.7 Å². The highest BCUT2D eigenvalue weighted by atomic mass is 16.5. The van der Waals surface area contributed by atoms with Crippen molar-refractivity contribution in [2.24, 2.45) is 0 Å². The molecule has 0 radical (unpaired) electrons. The normalized spacial score (nSPS) is 17.4. The quantitative estimate of drug-likeness (QED) is 0.710. The number of rotatable bonds is 6. The van der Waals surface area contributed by atoms with Crippen molar-refractivity contribution in [3.63, 3.8) is 0 Å². The second-order valence-corrected chi connectivity index (χ2v) is 6.80. The maximum atomic E-state index is 12.4. The van der Waals surface area contributed by atoms with Crippen molar-refractivity contribution < 1.29 is 9.53 Å². The van der Waals surface area contributed by atoms with Crippen LogP contribution in [0.5, 0.6) is 0 Å². The molecule has 7 nitrogen and oxygen atoms in total. The third kappa shape index (κ3) is 4.62. The van der Waals surface area contributed by atoms with E-state index in [1.165, 1.54) is 5.56 Å². The molecule has 1 N–H and O–H groups in total. The second kappa shape index (κ2) is 8.77. The van der Waals surface area contributed by atoms with Crippen LogP contribution in [0.15, 0.2) is 67.4 Å². The first-order valence-corrected chi connectivity index (χ1v) is 9.38. The Morgan fingerprint density at radius 2 is 2.11 bits per heavy atom. The Kier molecular flexibility index (Phi) is 5.75. The number of aromatic nitrogens is 3. The highest BCUT2D eigenvalue weighted by molar-refractivity contribution is 5.93. The van der Waals surface area contributed by atoms with Crippen LogP contribution < -0.4 is 5.32 Å². The van der Waals surface area contributed by atoms with Crippen LogP contribution >= 0.6 is 0 Å². The zero-order valence-electron chi connectivity index (χ0n) is 15.6. The van der Waals surface area contributed by atoms with E-state index in [0.717, 1.165) is 25.5 Å². The van der Waals surface area contributed by atoms with Gasteiger partial charge in [-0.15, -0.1) is 0 Å². The molecule has 0 saturated carbocycles. The van der Waals surface area contributed by atoms with Gasteiger partial charge >= 0.3 is 0 Å². The van der Waals surface area contributed by atoms with Crippen molar-refractivity contribution in [1.82, 2.24) is 24.8 Å². The molecule has 28 heavy (non-hydrogen) atoms. The largest absolute Gasteiger partial charge is 0.374 e. The number of benzene rings is 1. The van der Waals surface area contributed by atoms with E-state index in [4.69, 9.17) is 4.74 Å². The minimum atomic E-state index is -0.145. The first-order chi connectivity index (χ1) is 13.8. The average Bonchev–Trinajstić information content (AvgIpc) is 3.28. The number of pyridine rings is 1. The van der Waals surface area contributed by atoms with E-state index >= 15 is 0 Å². The fraction of sp³-hybridized carbons (Fsp3) is 0.286. The molecule has 0 bridgehead atoms. The summed E-state index contributed by atoms with van der Waals surface area (Å²) in [6, 6.07) is 14.0. The molecular formula is C21H23N5O2. The number of hydrogen-bond donors (Lipinski definition) is 1. The van der Waals surface area contributed by atoms with Gasteiger partial charge < -0.3 is 10.1 Å². The number of morpholine rings is 1. The molecule has 1 atom stereocenters. The molecule has 2 aromatic heterocycles. The number of carbonyl (C=O) groups is 1. The van der Waals surface area contributed by atoms with Crippen LogP contribution in [0.25, 0.3) is 5.82 Å². The summed E-state index contributed by atoms with van der Waals surface area (Å²) in [4.78, 5) is 23.1. The van der Waals surface area contributed by atoms with E-state index in [0.29, 0.717) is 18.7 Å². The molecule has 3 aromatic rings. The van der Waals surface area contributed by atoms with Gasteiger partial charge in [-0.25, -0.2) is 9.97 Å². The molecule has 0 spiro atoms. The fourth-order valence-electron chi connectivity index (χ4n) is 3.27. The molecule has 1 aliphatic rings. The van der Waals surface area contributed by atoms with Gasteiger partial charge in [-0.2, -0.15) is 0 Å². The number of nitrogens with zero attached hydrogens (tertiary/aromatic N) is 4. The van der Waals surface area contributed by atoms with Gasteiger partial charge in [0.1, 0.15) is 12.1 Å². The van der Waals surface area contributed by atoms with Gasteiger partial charge in [-0.1, -0.05) is 30.3 Å². The molecule has 4 rings (SSSR count). The minimum absolute atomic E-state index is 0.0143. The standard InChI is InChI=1S/C21H23N5O2/c27-21(18-6-7-20(23-12-18)26-9-8-22-16-26)24-13-19-15-25(10-11-28-19)14-17-4-2-1-3-5-17/h1-9,12,16,19H,10-11,13-15H2,(H,24,27). The number of nitrogens with one attached hydrogen (secondary N) is 1. The summed E-state index contributed by atoms with van der Waals surface area (Å²) in [6.45, 7) is 3.75. The van der Waals surface area contributed by atoms with Gasteiger partial charge in [0.2, 0.25) is 0 Å². The fourth-order valence-corrected chi connectivity index (χ4v) is 3.27. The first kappa shape index (κ1) is 18.3. The summed E-state index contributed by atoms with van der Waals surface area (Å²) in [7, 11) is 0. The number of hydrogen-bond acceptors (Lipinski definition) is 5. The first-order valence-electron chi connectivity index (χ1n) is 9.38. The molecule has 1 saturated heterocycles. The molecule has 1 amide bonds. The molecule has 1 unspecified atom stereocenters. The Balaban J connectivity index is 1.28. The van der Waals surface area contributed by atoms with Crippen molar-refractivity contribution in [1.29, 1.82) is 0 Å². The summed E-state index contributed by atoms with van der Waals surface area (Å²) in [5, 5.41) is 2.96. The molecule has 1 fully saturated rings. The number of imidazole rings is 1. The van der Waals surface area contributed by atoms with Crippen LogP contribution in [-0.2, 0) is 11.3 Å². The minimum Gasteiger partial charge on any atom is -0.374 e. The molecule has 7 heteroatoms. The Bertz CT molecular complexity index is 881. The van der Waals surface area contributed by atoms with E-state index in [1.54, 1.807) is 35.4 Å². The number of amides is 1. The molecular weight excluding hydrogens is 354 g/mol. The molecule has 1 aromatic carbocycles. The lowest BCUT2D eigenvalue weighted by atomic mass is 10.2. The summed E-state index contributed by atoms with van der Waals surface area (Å²) < 4.78 is 7.61. The third-order valence-electron chi connectivity index (χ3n) is 4.74. The Labute approximate surface area is 164 Å².